The van der Waals surface area contributed by atoms with Crippen molar-refractivity contribution >= 4 is 33.3 Å². The number of likely N-dealkylation sites (N-methyl/N-ethyl adjacent to an activating group) is 1. The Kier molecular flexibility index (Phi) is 3.77. The van der Waals surface area contributed by atoms with Crippen molar-refractivity contribution in [2.45, 2.75) is 13.8 Å². The third kappa shape index (κ3) is 2.47. The van der Waals surface area contributed by atoms with Crippen molar-refractivity contribution < 1.29 is 9.90 Å². The predicted molar refractivity (Wildman–Crippen MR) is 83.4 cm³/mol. The molecule has 2 aromatic rings. The number of piperazine rings is 1. The van der Waals surface area contributed by atoms with E-state index >= 15 is 0 Å². The first kappa shape index (κ1) is 14.2. The van der Waals surface area contributed by atoms with E-state index in [1.54, 1.807) is 0 Å². The number of carbonyl (C=O) groups is 1. The lowest BCUT2D eigenvalue weighted by Crippen LogP contribution is -2.46. The Morgan fingerprint density at radius 2 is 2.05 bits per heavy atom. The molecule has 0 saturated carbocycles. The highest BCUT2D eigenvalue weighted by Crippen LogP contribution is 2.35. The molecule has 0 amide bonds. The van der Waals surface area contributed by atoms with Crippen LogP contribution in [0.2, 0.25) is 0 Å². The zero-order valence-electron chi connectivity index (χ0n) is 12.2. The number of thiophene rings is 1. The van der Waals surface area contributed by atoms with Crippen LogP contribution < -0.4 is 4.90 Å². The molecule has 0 aliphatic carbocycles. The molecule has 6 nitrogen and oxygen atoms in total. The molecule has 1 aliphatic rings. The van der Waals surface area contributed by atoms with E-state index in [0.717, 1.165) is 54.3 Å². The van der Waals surface area contributed by atoms with Gasteiger partial charge in [-0.25, -0.2) is 14.8 Å². The predicted octanol–water partition coefficient (Wildman–Crippen LogP) is 1.84. The minimum Gasteiger partial charge on any atom is -0.477 e. The van der Waals surface area contributed by atoms with E-state index in [1.165, 1.54) is 17.7 Å². The lowest BCUT2D eigenvalue weighted by atomic mass is 10.2. The van der Waals surface area contributed by atoms with Crippen LogP contribution in [0, 0.1) is 6.92 Å². The largest absolute Gasteiger partial charge is 0.477 e. The van der Waals surface area contributed by atoms with Crippen molar-refractivity contribution in [1.29, 1.82) is 0 Å². The summed E-state index contributed by atoms with van der Waals surface area (Å²) in [7, 11) is 0. The Hall–Kier alpha value is -1.73. The summed E-state index contributed by atoms with van der Waals surface area (Å²) >= 11 is 1.23. The van der Waals surface area contributed by atoms with Crippen LogP contribution in [0.1, 0.15) is 22.2 Å². The van der Waals surface area contributed by atoms with Gasteiger partial charge in [0.25, 0.3) is 0 Å². The summed E-state index contributed by atoms with van der Waals surface area (Å²) in [6, 6.07) is 0. The molecule has 0 atom stereocenters. The van der Waals surface area contributed by atoms with E-state index < -0.39 is 5.97 Å². The molecule has 3 heterocycles. The molecule has 0 bridgehead atoms. The van der Waals surface area contributed by atoms with Gasteiger partial charge >= 0.3 is 5.97 Å². The number of hydrogen-bond acceptors (Lipinski definition) is 6. The van der Waals surface area contributed by atoms with Gasteiger partial charge in [-0.05, 0) is 19.0 Å². The van der Waals surface area contributed by atoms with E-state index in [1.807, 2.05) is 6.92 Å². The highest BCUT2D eigenvalue weighted by atomic mass is 32.1. The molecule has 1 N–H and O–H groups in total. The number of aryl methyl sites for hydroxylation is 1. The van der Waals surface area contributed by atoms with Crippen LogP contribution in [0.25, 0.3) is 10.2 Å². The summed E-state index contributed by atoms with van der Waals surface area (Å²) < 4.78 is 0. The van der Waals surface area contributed by atoms with Crippen LogP contribution in [0.15, 0.2) is 6.33 Å². The second-order valence-electron chi connectivity index (χ2n) is 5.16. The third-order valence-corrected chi connectivity index (χ3v) is 5.21. The minimum atomic E-state index is -0.891. The number of hydrogen-bond donors (Lipinski definition) is 1. The number of carboxylic acid groups (broad SMARTS) is 1. The van der Waals surface area contributed by atoms with Crippen molar-refractivity contribution in [2.24, 2.45) is 0 Å². The lowest BCUT2D eigenvalue weighted by molar-refractivity contribution is 0.0701. The molecule has 0 aromatic carbocycles. The second-order valence-corrected chi connectivity index (χ2v) is 6.16. The van der Waals surface area contributed by atoms with E-state index in [-0.39, 0.29) is 0 Å². The molecule has 0 spiro atoms. The normalized spacial score (nSPS) is 16.6. The van der Waals surface area contributed by atoms with Gasteiger partial charge in [-0.15, -0.1) is 11.3 Å². The van der Waals surface area contributed by atoms with E-state index in [0.29, 0.717) is 4.88 Å². The third-order valence-electron chi connectivity index (χ3n) is 4.02. The number of rotatable bonds is 3. The van der Waals surface area contributed by atoms with Gasteiger partial charge < -0.3 is 14.9 Å². The highest BCUT2D eigenvalue weighted by Gasteiger charge is 2.23. The average Bonchev–Trinajstić information content (AvgIpc) is 2.85. The maximum atomic E-state index is 11.3. The van der Waals surface area contributed by atoms with Gasteiger partial charge in [0.2, 0.25) is 0 Å². The lowest BCUT2D eigenvalue weighted by Gasteiger charge is -2.35. The van der Waals surface area contributed by atoms with E-state index in [9.17, 15) is 9.90 Å². The van der Waals surface area contributed by atoms with Crippen LogP contribution in [0.3, 0.4) is 0 Å². The maximum absolute atomic E-state index is 11.3. The fourth-order valence-corrected chi connectivity index (χ4v) is 3.75. The Morgan fingerprint density at radius 3 is 2.67 bits per heavy atom. The molecule has 21 heavy (non-hydrogen) atoms. The summed E-state index contributed by atoms with van der Waals surface area (Å²) in [5.41, 5.74) is 0.774. The van der Waals surface area contributed by atoms with Crippen LogP contribution in [0.5, 0.6) is 0 Å². The van der Waals surface area contributed by atoms with E-state index in [2.05, 4.69) is 26.7 Å². The topological polar surface area (TPSA) is 69.6 Å². The second kappa shape index (κ2) is 5.57. The number of aromatic carboxylic acids is 1. The van der Waals surface area contributed by atoms with Gasteiger partial charge in [0, 0.05) is 26.2 Å². The fraction of sp³-hybridized carbons (Fsp3) is 0.500. The first-order valence-corrected chi connectivity index (χ1v) is 7.88. The molecule has 7 heteroatoms. The molecule has 0 radical (unpaired) electrons. The summed E-state index contributed by atoms with van der Waals surface area (Å²) in [6.45, 7) is 8.93. The summed E-state index contributed by atoms with van der Waals surface area (Å²) in [6.07, 6.45) is 1.53. The first-order chi connectivity index (χ1) is 10.1. The van der Waals surface area contributed by atoms with Crippen LogP contribution in [0.4, 0.5) is 5.82 Å². The number of anilines is 1. The Balaban J connectivity index is 2.01. The smallest absolute Gasteiger partial charge is 0.346 e. The SMILES string of the molecule is CCN1CCN(c2ncnc3sc(C(=O)O)c(C)c23)CC1. The van der Waals surface area contributed by atoms with Crippen LogP contribution >= 0.6 is 11.3 Å². The first-order valence-electron chi connectivity index (χ1n) is 7.06. The fourth-order valence-electron chi connectivity index (χ4n) is 2.77. The quantitative estimate of drug-likeness (QED) is 0.933. The molecule has 2 aromatic heterocycles. The van der Waals surface area contributed by atoms with Crippen molar-refractivity contribution in [1.82, 2.24) is 14.9 Å². The van der Waals surface area contributed by atoms with Crippen molar-refractivity contribution in [2.75, 3.05) is 37.6 Å². The number of carboxylic acids is 1. The van der Waals surface area contributed by atoms with Gasteiger partial charge in [-0.2, -0.15) is 0 Å². The minimum absolute atomic E-state index is 0.360. The van der Waals surface area contributed by atoms with Gasteiger partial charge in [0.05, 0.1) is 5.39 Å². The maximum Gasteiger partial charge on any atom is 0.346 e. The summed E-state index contributed by atoms with van der Waals surface area (Å²) in [4.78, 5) is 25.7. The Labute approximate surface area is 127 Å². The average molecular weight is 306 g/mol. The molecule has 112 valence electrons. The van der Waals surface area contributed by atoms with E-state index in [4.69, 9.17) is 0 Å². The zero-order chi connectivity index (χ0) is 15.0. The van der Waals surface area contributed by atoms with Crippen molar-refractivity contribution in [3.63, 3.8) is 0 Å². The Morgan fingerprint density at radius 1 is 1.33 bits per heavy atom. The zero-order valence-corrected chi connectivity index (χ0v) is 13.0. The van der Waals surface area contributed by atoms with Gasteiger partial charge in [0.1, 0.15) is 21.9 Å². The van der Waals surface area contributed by atoms with Crippen LogP contribution in [-0.2, 0) is 0 Å². The number of aromatic nitrogens is 2. The van der Waals surface area contributed by atoms with Gasteiger partial charge in [-0.1, -0.05) is 6.92 Å². The standard InChI is InChI=1S/C14H18N4O2S/c1-3-17-4-6-18(7-5-17)12-10-9(2)11(14(19)20)21-13(10)16-8-15-12/h8H,3-7H2,1-2H3,(H,19,20). The van der Waals surface area contributed by atoms with Crippen molar-refractivity contribution in [3.8, 4) is 0 Å². The van der Waals surface area contributed by atoms with Gasteiger partial charge in [-0.3, -0.25) is 0 Å². The molecule has 1 fully saturated rings. The number of fused-ring (bicyclic) bond motifs is 1. The summed E-state index contributed by atoms with van der Waals surface area (Å²) in [5.74, 6) is -0.0192. The molecular formula is C14H18N4O2S. The molecule has 1 saturated heterocycles. The molecule has 1 aliphatic heterocycles. The molecule has 3 rings (SSSR count). The summed E-state index contributed by atoms with van der Waals surface area (Å²) in [5, 5.41) is 10.2. The van der Waals surface area contributed by atoms with Gasteiger partial charge in [0.15, 0.2) is 0 Å². The Bertz CT molecular complexity index is 677. The molecular weight excluding hydrogens is 288 g/mol. The number of nitrogens with zero attached hydrogens (tertiary/aromatic N) is 4. The van der Waals surface area contributed by atoms with Crippen LogP contribution in [-0.4, -0.2) is 58.7 Å². The monoisotopic (exact) mass is 306 g/mol. The highest BCUT2D eigenvalue weighted by molar-refractivity contribution is 7.20. The van der Waals surface area contributed by atoms with Crippen molar-refractivity contribution in [3.05, 3.63) is 16.8 Å². The molecule has 0 unspecified atom stereocenters.